The SMILES string of the molecule is CCOC1CC(Nc2ccc(Cl)c(C(=O)OC)c2)C1(C)C. The van der Waals surface area contributed by atoms with E-state index < -0.39 is 5.97 Å². The maximum absolute atomic E-state index is 11.7. The van der Waals surface area contributed by atoms with Gasteiger partial charge in [0.25, 0.3) is 0 Å². The standard InChI is InChI=1S/C16H22ClNO3/c1-5-21-14-9-13(16(14,2)3)18-10-6-7-12(17)11(8-10)15(19)20-4/h6-8,13-14,18H,5,9H2,1-4H3. The van der Waals surface area contributed by atoms with Gasteiger partial charge in [-0.2, -0.15) is 0 Å². The minimum atomic E-state index is -0.427. The normalized spacial score (nSPS) is 23.3. The number of hydrogen-bond acceptors (Lipinski definition) is 4. The van der Waals surface area contributed by atoms with Crippen LogP contribution in [0.25, 0.3) is 0 Å². The monoisotopic (exact) mass is 311 g/mol. The second-order valence-electron chi connectivity index (χ2n) is 5.88. The van der Waals surface area contributed by atoms with Gasteiger partial charge in [-0.05, 0) is 31.5 Å². The minimum absolute atomic E-state index is 0.0566. The predicted molar refractivity (Wildman–Crippen MR) is 84.0 cm³/mol. The molecule has 1 aliphatic rings. The molecule has 0 bridgehead atoms. The third kappa shape index (κ3) is 3.16. The molecule has 0 aliphatic heterocycles. The number of halogens is 1. The van der Waals surface area contributed by atoms with Gasteiger partial charge < -0.3 is 14.8 Å². The number of anilines is 1. The maximum atomic E-state index is 11.7. The summed E-state index contributed by atoms with van der Waals surface area (Å²) in [7, 11) is 1.35. The molecule has 21 heavy (non-hydrogen) atoms. The third-order valence-electron chi connectivity index (χ3n) is 4.26. The lowest BCUT2D eigenvalue weighted by molar-refractivity contribution is -0.0975. The molecule has 1 aromatic rings. The second kappa shape index (κ2) is 6.24. The molecule has 1 N–H and O–H groups in total. The predicted octanol–water partition coefficient (Wildman–Crippen LogP) is 3.74. The van der Waals surface area contributed by atoms with E-state index in [1.54, 1.807) is 12.1 Å². The largest absolute Gasteiger partial charge is 0.465 e. The van der Waals surface area contributed by atoms with Gasteiger partial charge in [0.05, 0.1) is 23.8 Å². The van der Waals surface area contributed by atoms with Gasteiger partial charge in [-0.1, -0.05) is 25.4 Å². The molecule has 1 fully saturated rings. The van der Waals surface area contributed by atoms with Crippen LogP contribution in [-0.2, 0) is 9.47 Å². The highest BCUT2D eigenvalue weighted by Crippen LogP contribution is 2.44. The number of carbonyl (C=O) groups is 1. The maximum Gasteiger partial charge on any atom is 0.339 e. The number of rotatable bonds is 5. The fourth-order valence-electron chi connectivity index (χ4n) is 2.70. The highest BCUT2D eigenvalue weighted by Gasteiger charge is 2.48. The van der Waals surface area contributed by atoms with Gasteiger partial charge in [-0.25, -0.2) is 4.79 Å². The van der Waals surface area contributed by atoms with E-state index in [2.05, 4.69) is 19.2 Å². The number of benzene rings is 1. The molecule has 0 aromatic heterocycles. The zero-order valence-corrected chi connectivity index (χ0v) is 13.7. The van der Waals surface area contributed by atoms with Crippen LogP contribution in [0.4, 0.5) is 5.69 Å². The quantitative estimate of drug-likeness (QED) is 0.841. The third-order valence-corrected chi connectivity index (χ3v) is 4.59. The Labute approximate surface area is 130 Å². The molecule has 116 valence electrons. The van der Waals surface area contributed by atoms with E-state index in [1.807, 2.05) is 13.0 Å². The Bertz CT molecular complexity index is 530. The summed E-state index contributed by atoms with van der Waals surface area (Å²) in [5, 5.41) is 3.85. The summed E-state index contributed by atoms with van der Waals surface area (Å²) >= 11 is 6.03. The summed E-state index contributed by atoms with van der Waals surface area (Å²) < 4.78 is 10.5. The Balaban J connectivity index is 2.10. The summed E-state index contributed by atoms with van der Waals surface area (Å²) in [6.07, 6.45) is 1.23. The van der Waals surface area contributed by atoms with Gasteiger partial charge in [-0.15, -0.1) is 0 Å². The van der Waals surface area contributed by atoms with Crippen LogP contribution in [0, 0.1) is 5.41 Å². The molecular weight excluding hydrogens is 290 g/mol. The van der Waals surface area contributed by atoms with Crippen LogP contribution in [-0.4, -0.2) is 31.8 Å². The summed E-state index contributed by atoms with van der Waals surface area (Å²) in [5.74, 6) is -0.427. The first-order chi connectivity index (χ1) is 9.90. The molecule has 1 aliphatic carbocycles. The first-order valence-electron chi connectivity index (χ1n) is 7.16. The molecular formula is C16H22ClNO3. The fraction of sp³-hybridized carbons (Fsp3) is 0.562. The van der Waals surface area contributed by atoms with Crippen molar-refractivity contribution < 1.29 is 14.3 Å². The highest BCUT2D eigenvalue weighted by molar-refractivity contribution is 6.33. The minimum Gasteiger partial charge on any atom is -0.465 e. The number of methoxy groups -OCH3 is 1. The molecule has 0 amide bonds. The van der Waals surface area contributed by atoms with Crippen molar-refractivity contribution in [3.8, 4) is 0 Å². The molecule has 0 heterocycles. The van der Waals surface area contributed by atoms with E-state index in [0.29, 0.717) is 16.6 Å². The molecule has 0 spiro atoms. The van der Waals surface area contributed by atoms with Crippen molar-refractivity contribution in [1.82, 2.24) is 0 Å². The molecule has 4 nitrogen and oxygen atoms in total. The Morgan fingerprint density at radius 1 is 1.48 bits per heavy atom. The van der Waals surface area contributed by atoms with Crippen molar-refractivity contribution in [3.63, 3.8) is 0 Å². The van der Waals surface area contributed by atoms with Crippen LogP contribution in [0.3, 0.4) is 0 Å². The van der Waals surface area contributed by atoms with E-state index >= 15 is 0 Å². The van der Waals surface area contributed by atoms with Crippen LogP contribution in [0.5, 0.6) is 0 Å². The summed E-state index contributed by atoms with van der Waals surface area (Å²) in [5.41, 5.74) is 1.30. The molecule has 1 aromatic carbocycles. The van der Waals surface area contributed by atoms with E-state index in [1.165, 1.54) is 7.11 Å². The summed E-state index contributed by atoms with van der Waals surface area (Å²) in [6.45, 7) is 7.12. The Hall–Kier alpha value is -1.26. The zero-order chi connectivity index (χ0) is 15.6. The Morgan fingerprint density at radius 3 is 2.76 bits per heavy atom. The lowest BCUT2D eigenvalue weighted by Crippen LogP contribution is -2.58. The fourth-order valence-corrected chi connectivity index (χ4v) is 2.89. The molecule has 1 saturated carbocycles. The van der Waals surface area contributed by atoms with E-state index in [0.717, 1.165) is 18.7 Å². The molecule has 2 atom stereocenters. The average Bonchev–Trinajstić information content (AvgIpc) is 2.47. The van der Waals surface area contributed by atoms with Crippen LogP contribution < -0.4 is 5.32 Å². The zero-order valence-electron chi connectivity index (χ0n) is 12.9. The molecule has 2 unspecified atom stereocenters. The number of carbonyl (C=O) groups excluding carboxylic acids is 1. The van der Waals surface area contributed by atoms with E-state index in [-0.39, 0.29) is 11.5 Å². The highest BCUT2D eigenvalue weighted by atomic mass is 35.5. The van der Waals surface area contributed by atoms with Gasteiger partial charge in [-0.3, -0.25) is 0 Å². The van der Waals surface area contributed by atoms with Gasteiger partial charge in [0.2, 0.25) is 0 Å². The second-order valence-corrected chi connectivity index (χ2v) is 6.29. The van der Waals surface area contributed by atoms with Crippen molar-refractivity contribution in [2.45, 2.75) is 39.3 Å². The average molecular weight is 312 g/mol. The summed E-state index contributed by atoms with van der Waals surface area (Å²) in [6, 6.07) is 5.62. The van der Waals surface area contributed by atoms with Gasteiger partial charge in [0, 0.05) is 23.8 Å². The van der Waals surface area contributed by atoms with Crippen LogP contribution in [0.15, 0.2) is 18.2 Å². The van der Waals surface area contributed by atoms with Gasteiger partial charge >= 0.3 is 5.97 Å². The van der Waals surface area contributed by atoms with Crippen LogP contribution >= 0.6 is 11.6 Å². The molecule has 0 radical (unpaired) electrons. The van der Waals surface area contributed by atoms with Crippen molar-refractivity contribution in [1.29, 1.82) is 0 Å². The van der Waals surface area contributed by atoms with Gasteiger partial charge in [0.1, 0.15) is 0 Å². The van der Waals surface area contributed by atoms with Crippen molar-refractivity contribution in [2.75, 3.05) is 19.0 Å². The topological polar surface area (TPSA) is 47.6 Å². The number of ether oxygens (including phenoxy) is 2. The first-order valence-corrected chi connectivity index (χ1v) is 7.54. The first kappa shape index (κ1) is 16.1. The van der Waals surface area contributed by atoms with E-state index in [9.17, 15) is 4.79 Å². The molecule has 5 heteroatoms. The van der Waals surface area contributed by atoms with Gasteiger partial charge in [0.15, 0.2) is 0 Å². The number of nitrogens with one attached hydrogen (secondary N) is 1. The van der Waals surface area contributed by atoms with Crippen LogP contribution in [0.2, 0.25) is 5.02 Å². The molecule has 0 saturated heterocycles. The van der Waals surface area contributed by atoms with Crippen molar-refractivity contribution in [2.24, 2.45) is 5.41 Å². The summed E-state index contributed by atoms with van der Waals surface area (Å²) in [4.78, 5) is 11.7. The number of esters is 1. The number of hydrogen-bond donors (Lipinski definition) is 1. The lowest BCUT2D eigenvalue weighted by Gasteiger charge is -2.52. The van der Waals surface area contributed by atoms with Crippen LogP contribution in [0.1, 0.15) is 37.6 Å². The lowest BCUT2D eigenvalue weighted by atomic mass is 9.64. The Morgan fingerprint density at radius 2 is 2.19 bits per heavy atom. The Kier molecular flexibility index (Phi) is 4.79. The smallest absolute Gasteiger partial charge is 0.339 e. The van der Waals surface area contributed by atoms with Crippen molar-refractivity contribution in [3.05, 3.63) is 28.8 Å². The van der Waals surface area contributed by atoms with E-state index in [4.69, 9.17) is 21.1 Å². The van der Waals surface area contributed by atoms with Crippen molar-refractivity contribution >= 4 is 23.3 Å². The molecule has 2 rings (SSSR count).